The first-order chi connectivity index (χ1) is 9.11. The summed E-state index contributed by atoms with van der Waals surface area (Å²) in [5, 5.41) is 65.4. The van der Waals surface area contributed by atoms with Crippen molar-refractivity contribution in [3.05, 3.63) is 0 Å². The van der Waals surface area contributed by atoms with Gasteiger partial charge in [-0.3, -0.25) is 9.59 Å². The van der Waals surface area contributed by atoms with Crippen LogP contribution >= 0.6 is 0 Å². The number of hydrogen-bond acceptors (Lipinski definition) is 9. The SMILES string of the molecule is O=C(O)CCC(=O)O[C@]1(O)[C@H](O)[C@H](O)[C@@H](O)[C@H](O)[C@H]1O.[MgH2]. The van der Waals surface area contributed by atoms with Crippen LogP contribution in [0.1, 0.15) is 12.8 Å². The molecule has 1 rings (SSSR count). The standard InChI is InChI=1S/C10H16O10.Mg.2H/c11-3(12)1-2-4(13)20-10(19)8(17)6(15)5(14)7(16)9(10)18;;;/h5-9,14-19H,1-2H2,(H,11,12);;;/t5-,6-,7+,8-,9-,10-;;;/m1.../s1. The molecular formula is C10H18MgO10. The van der Waals surface area contributed by atoms with Crippen LogP contribution in [-0.2, 0) is 14.3 Å². The van der Waals surface area contributed by atoms with Crippen LogP contribution in [0.4, 0.5) is 0 Å². The van der Waals surface area contributed by atoms with Gasteiger partial charge >= 0.3 is 35.0 Å². The van der Waals surface area contributed by atoms with E-state index in [-0.39, 0.29) is 23.1 Å². The Morgan fingerprint density at radius 1 is 0.905 bits per heavy atom. The van der Waals surface area contributed by atoms with Crippen LogP contribution < -0.4 is 0 Å². The van der Waals surface area contributed by atoms with E-state index in [0.29, 0.717) is 0 Å². The number of ether oxygens (including phenoxy) is 1. The van der Waals surface area contributed by atoms with E-state index in [1.54, 1.807) is 0 Å². The topological polar surface area (TPSA) is 185 Å². The van der Waals surface area contributed by atoms with Crippen molar-refractivity contribution in [3.63, 3.8) is 0 Å². The van der Waals surface area contributed by atoms with E-state index in [4.69, 9.17) is 5.11 Å². The molecule has 1 aliphatic carbocycles. The van der Waals surface area contributed by atoms with E-state index in [1.807, 2.05) is 0 Å². The molecule has 0 aromatic rings. The quantitative estimate of drug-likeness (QED) is 0.150. The zero-order chi connectivity index (χ0) is 15.7. The second-order valence-electron chi connectivity index (χ2n) is 4.48. The Bertz CT molecular complexity index is 372. The average molecular weight is 323 g/mol. The number of esters is 1. The minimum absolute atomic E-state index is 0. The van der Waals surface area contributed by atoms with E-state index in [0.717, 1.165) is 0 Å². The second kappa shape index (κ2) is 7.65. The number of carbonyl (C=O) groups is 2. The van der Waals surface area contributed by atoms with Crippen molar-refractivity contribution in [1.82, 2.24) is 0 Å². The van der Waals surface area contributed by atoms with Crippen LogP contribution in [0, 0.1) is 0 Å². The van der Waals surface area contributed by atoms with Crippen molar-refractivity contribution in [2.45, 2.75) is 49.1 Å². The fraction of sp³-hybridized carbons (Fsp3) is 0.800. The highest BCUT2D eigenvalue weighted by Gasteiger charge is 2.60. The Balaban J connectivity index is 0.00000400. The largest absolute Gasteiger partial charge is 0.481 e. The van der Waals surface area contributed by atoms with Crippen molar-refractivity contribution in [2.24, 2.45) is 0 Å². The zero-order valence-corrected chi connectivity index (χ0v) is 10.2. The van der Waals surface area contributed by atoms with Gasteiger partial charge in [0, 0.05) is 0 Å². The summed E-state index contributed by atoms with van der Waals surface area (Å²) in [6.07, 6.45) is -12.0. The molecule has 0 spiro atoms. The molecule has 0 heterocycles. The van der Waals surface area contributed by atoms with Gasteiger partial charge in [-0.2, -0.15) is 0 Å². The number of rotatable bonds is 4. The molecule has 0 unspecified atom stereocenters. The van der Waals surface area contributed by atoms with Gasteiger partial charge in [-0.25, -0.2) is 0 Å². The summed E-state index contributed by atoms with van der Waals surface area (Å²) in [6.45, 7) is 0. The van der Waals surface area contributed by atoms with Crippen molar-refractivity contribution in [1.29, 1.82) is 0 Å². The molecule has 0 aromatic carbocycles. The molecule has 10 nitrogen and oxygen atoms in total. The lowest BCUT2D eigenvalue weighted by Gasteiger charge is -2.46. The number of carboxylic acids is 1. The van der Waals surface area contributed by atoms with Crippen LogP contribution in [0.25, 0.3) is 0 Å². The third-order valence-electron chi connectivity index (χ3n) is 3.01. The smallest absolute Gasteiger partial charge is 0.316 e. The van der Waals surface area contributed by atoms with Gasteiger partial charge in [-0.1, -0.05) is 0 Å². The third kappa shape index (κ3) is 4.23. The van der Waals surface area contributed by atoms with Gasteiger partial charge in [0.15, 0.2) is 12.2 Å². The molecule has 1 saturated carbocycles. The predicted octanol–water partition coefficient (Wildman–Crippen LogP) is -5.02. The van der Waals surface area contributed by atoms with Gasteiger partial charge in [0.1, 0.15) is 18.3 Å². The fourth-order valence-corrected chi connectivity index (χ4v) is 1.80. The molecular weight excluding hydrogens is 304 g/mol. The van der Waals surface area contributed by atoms with Gasteiger partial charge in [-0.05, 0) is 0 Å². The van der Waals surface area contributed by atoms with Crippen LogP contribution in [0.5, 0.6) is 0 Å². The lowest BCUT2D eigenvalue weighted by Crippen LogP contribution is -2.72. The van der Waals surface area contributed by atoms with Gasteiger partial charge in [0.2, 0.25) is 0 Å². The molecule has 11 heteroatoms. The zero-order valence-electron chi connectivity index (χ0n) is 10.2. The van der Waals surface area contributed by atoms with E-state index in [9.17, 15) is 40.2 Å². The Morgan fingerprint density at radius 2 is 1.33 bits per heavy atom. The monoisotopic (exact) mass is 322 g/mol. The Labute approximate surface area is 134 Å². The summed E-state index contributed by atoms with van der Waals surface area (Å²) in [7, 11) is 0. The second-order valence-corrected chi connectivity index (χ2v) is 4.48. The Morgan fingerprint density at radius 3 is 1.71 bits per heavy atom. The highest BCUT2D eigenvalue weighted by molar-refractivity contribution is 5.76. The molecule has 0 amide bonds. The maximum absolute atomic E-state index is 11.3. The minimum Gasteiger partial charge on any atom is -0.481 e. The molecule has 0 aliphatic heterocycles. The molecule has 7 N–H and O–H groups in total. The van der Waals surface area contributed by atoms with E-state index in [1.165, 1.54) is 0 Å². The van der Waals surface area contributed by atoms with E-state index in [2.05, 4.69) is 4.74 Å². The minimum atomic E-state index is -3.06. The predicted molar refractivity (Wildman–Crippen MR) is 66.5 cm³/mol. The van der Waals surface area contributed by atoms with Crippen LogP contribution in [-0.4, -0.2) is 107 Å². The number of aliphatic hydroxyl groups excluding tert-OH is 5. The number of carboxylic acid groups (broad SMARTS) is 1. The fourth-order valence-electron chi connectivity index (χ4n) is 1.80. The Hall–Kier alpha value is -0.534. The van der Waals surface area contributed by atoms with Gasteiger partial charge < -0.3 is 40.5 Å². The normalized spacial score (nSPS) is 39.2. The molecule has 0 saturated heterocycles. The maximum Gasteiger partial charge on any atom is 0.316 e. The average Bonchev–Trinajstić information content (AvgIpc) is 2.39. The van der Waals surface area contributed by atoms with Gasteiger partial charge in [-0.15, -0.1) is 0 Å². The van der Waals surface area contributed by atoms with E-state index < -0.39 is 61.1 Å². The Kier molecular flexibility index (Phi) is 7.45. The van der Waals surface area contributed by atoms with E-state index >= 15 is 0 Å². The van der Waals surface area contributed by atoms with Crippen LogP contribution in [0.2, 0.25) is 0 Å². The first kappa shape index (κ1) is 20.5. The van der Waals surface area contributed by atoms with Gasteiger partial charge in [0.05, 0.1) is 12.8 Å². The first-order valence-electron chi connectivity index (χ1n) is 5.67. The molecule has 0 radical (unpaired) electrons. The summed E-state index contributed by atoms with van der Waals surface area (Å²) < 4.78 is 4.37. The summed E-state index contributed by atoms with van der Waals surface area (Å²) in [5.74, 6) is -5.65. The molecule has 0 aromatic heterocycles. The number of carbonyl (C=O) groups excluding carboxylic acids is 1. The number of hydrogen-bond donors (Lipinski definition) is 7. The highest BCUT2D eigenvalue weighted by Crippen LogP contribution is 2.31. The molecule has 21 heavy (non-hydrogen) atoms. The number of aliphatic carboxylic acids is 1. The van der Waals surface area contributed by atoms with Crippen LogP contribution in [0.3, 0.4) is 0 Å². The third-order valence-corrected chi connectivity index (χ3v) is 3.01. The highest BCUT2D eigenvalue weighted by atomic mass is 24.3. The van der Waals surface area contributed by atoms with Crippen molar-refractivity contribution in [3.8, 4) is 0 Å². The summed E-state index contributed by atoms with van der Waals surface area (Å²) in [6, 6.07) is 0. The summed E-state index contributed by atoms with van der Waals surface area (Å²) in [5.41, 5.74) is 0. The van der Waals surface area contributed by atoms with Crippen LogP contribution in [0.15, 0.2) is 0 Å². The number of aliphatic hydroxyl groups is 6. The summed E-state index contributed by atoms with van der Waals surface area (Å²) >= 11 is 0. The summed E-state index contributed by atoms with van der Waals surface area (Å²) in [4.78, 5) is 21.6. The lowest BCUT2D eigenvalue weighted by molar-refractivity contribution is -0.347. The lowest BCUT2D eigenvalue weighted by atomic mass is 9.82. The van der Waals surface area contributed by atoms with Crippen molar-refractivity contribution >= 4 is 35.0 Å². The first-order valence-corrected chi connectivity index (χ1v) is 5.67. The molecule has 1 fully saturated rings. The molecule has 120 valence electrons. The molecule has 0 bridgehead atoms. The van der Waals surface area contributed by atoms with Crippen molar-refractivity contribution in [2.75, 3.05) is 0 Å². The molecule has 1 aliphatic rings. The molecule has 6 atom stereocenters. The van der Waals surface area contributed by atoms with Gasteiger partial charge in [0.25, 0.3) is 5.79 Å². The van der Waals surface area contributed by atoms with Crippen molar-refractivity contribution < 1.29 is 50.1 Å². The maximum atomic E-state index is 11.3.